The molecule has 0 N–H and O–H groups in total. The molecule has 0 spiro atoms. The molecule has 0 bridgehead atoms. The van der Waals surface area contributed by atoms with Gasteiger partial charge < -0.3 is 14.2 Å². The van der Waals surface area contributed by atoms with Gasteiger partial charge >= 0.3 is 6.36 Å². The van der Waals surface area contributed by atoms with Gasteiger partial charge in [-0.25, -0.2) is 4.98 Å². The predicted octanol–water partition coefficient (Wildman–Crippen LogP) is 6.91. The number of pyridine rings is 1. The molecule has 6 nitrogen and oxygen atoms in total. The second-order valence-corrected chi connectivity index (χ2v) is 9.14. The van der Waals surface area contributed by atoms with Crippen molar-refractivity contribution in [3.8, 4) is 16.9 Å². The molecule has 3 aromatic rings. The van der Waals surface area contributed by atoms with E-state index < -0.39 is 11.8 Å². The second kappa shape index (κ2) is 11.2. The Bertz CT molecular complexity index is 1440. The quantitative estimate of drug-likeness (QED) is 0.284. The number of aromatic nitrogens is 2. The molecule has 1 atom stereocenters. The molecule has 0 radical (unpaired) electrons. The third-order valence-corrected chi connectivity index (χ3v) is 6.27. The Morgan fingerprint density at radius 3 is 2.61 bits per heavy atom. The van der Waals surface area contributed by atoms with Gasteiger partial charge in [0.25, 0.3) is 5.56 Å². The first-order chi connectivity index (χ1) is 18.1. The molecular formula is C29H29F3N2O4. The molecule has 38 heavy (non-hydrogen) atoms. The van der Waals surface area contributed by atoms with E-state index in [1.54, 1.807) is 37.6 Å². The van der Waals surface area contributed by atoms with Crippen LogP contribution in [0.3, 0.4) is 0 Å². The summed E-state index contributed by atoms with van der Waals surface area (Å²) in [5.41, 5.74) is 0.575. The number of hydrogen-bond acceptors (Lipinski definition) is 5. The molecule has 0 saturated carbocycles. The number of rotatable bonds is 9. The smallest absolute Gasteiger partial charge is 0.493 e. The summed E-state index contributed by atoms with van der Waals surface area (Å²) < 4.78 is 55.0. The topological polar surface area (TPSA) is 62.1 Å². The van der Waals surface area contributed by atoms with Crippen LogP contribution < -0.4 is 10.3 Å². The van der Waals surface area contributed by atoms with E-state index in [4.69, 9.17) is 14.5 Å². The third-order valence-electron chi connectivity index (χ3n) is 6.27. The zero-order valence-electron chi connectivity index (χ0n) is 21.4. The molecule has 1 aliphatic rings. The van der Waals surface area contributed by atoms with Gasteiger partial charge in [0.1, 0.15) is 17.2 Å². The standard InChI is InChI=1S/C29H29F3N2O4/c1-4-5-19-37-26-23(36-3)9-8-16-28(26,2)17-15-22-25(27(35)34-18-7-6-10-24(34)33-22)20-11-13-21(14-12-20)38-29(30,31)32/h6-15,17-18H,4-5,16,19H2,1-3H3/b17-15+. The summed E-state index contributed by atoms with van der Waals surface area (Å²) in [7, 11) is 1.59. The average molecular weight is 527 g/mol. The van der Waals surface area contributed by atoms with Crippen LogP contribution in [0.15, 0.2) is 83.2 Å². The van der Waals surface area contributed by atoms with E-state index in [1.807, 2.05) is 25.2 Å². The van der Waals surface area contributed by atoms with Crippen LogP contribution in [0, 0.1) is 5.41 Å². The van der Waals surface area contributed by atoms with E-state index in [0.29, 0.717) is 41.5 Å². The summed E-state index contributed by atoms with van der Waals surface area (Å²) >= 11 is 0. The van der Waals surface area contributed by atoms with Crippen molar-refractivity contribution in [2.45, 2.75) is 39.5 Å². The Morgan fingerprint density at radius 2 is 1.92 bits per heavy atom. The van der Waals surface area contributed by atoms with Crippen LogP contribution in [0.2, 0.25) is 0 Å². The largest absolute Gasteiger partial charge is 0.573 e. The molecule has 0 fully saturated rings. The van der Waals surface area contributed by atoms with Gasteiger partial charge in [-0.1, -0.05) is 43.7 Å². The normalized spacial score (nSPS) is 17.8. The van der Waals surface area contributed by atoms with Crippen LogP contribution >= 0.6 is 0 Å². The van der Waals surface area contributed by atoms with E-state index in [1.165, 1.54) is 28.7 Å². The number of hydrogen-bond donors (Lipinski definition) is 0. The van der Waals surface area contributed by atoms with Crippen LogP contribution in [-0.2, 0) is 9.47 Å². The SMILES string of the molecule is CCCCOC1=C(OC)C=CCC1(C)/C=C/c1nc2ccccn2c(=O)c1-c1ccc(OC(F)(F)F)cc1. The van der Waals surface area contributed by atoms with Crippen molar-refractivity contribution in [3.63, 3.8) is 0 Å². The maximum Gasteiger partial charge on any atom is 0.573 e. The number of methoxy groups -OCH3 is 1. The first-order valence-corrected chi connectivity index (χ1v) is 12.3. The molecule has 1 aliphatic carbocycles. The molecule has 0 aliphatic heterocycles. The molecule has 2 aromatic heterocycles. The molecule has 200 valence electrons. The molecule has 1 unspecified atom stereocenters. The molecule has 9 heteroatoms. The van der Waals surface area contributed by atoms with Gasteiger partial charge in [-0.15, -0.1) is 13.2 Å². The Labute approximate surface area is 218 Å². The Kier molecular flexibility index (Phi) is 7.94. The number of benzene rings is 1. The first kappa shape index (κ1) is 27.0. The van der Waals surface area contributed by atoms with Crippen molar-refractivity contribution in [2.75, 3.05) is 13.7 Å². The Morgan fingerprint density at radius 1 is 1.16 bits per heavy atom. The number of nitrogens with zero attached hydrogens (tertiary/aromatic N) is 2. The maximum absolute atomic E-state index is 13.5. The lowest BCUT2D eigenvalue weighted by atomic mass is 9.80. The molecule has 1 aromatic carbocycles. The van der Waals surface area contributed by atoms with Crippen molar-refractivity contribution in [1.82, 2.24) is 9.38 Å². The minimum absolute atomic E-state index is 0.253. The zero-order chi connectivity index (χ0) is 27.3. The van der Waals surface area contributed by atoms with Crippen molar-refractivity contribution in [3.05, 3.63) is 94.5 Å². The molecule has 4 rings (SSSR count). The van der Waals surface area contributed by atoms with Gasteiger partial charge in [-0.2, -0.15) is 0 Å². The fourth-order valence-corrected chi connectivity index (χ4v) is 4.30. The highest BCUT2D eigenvalue weighted by atomic mass is 19.4. The number of fused-ring (bicyclic) bond motifs is 1. The van der Waals surface area contributed by atoms with Crippen molar-refractivity contribution >= 4 is 11.7 Å². The van der Waals surface area contributed by atoms with Crippen LogP contribution in [0.4, 0.5) is 13.2 Å². The van der Waals surface area contributed by atoms with Crippen molar-refractivity contribution < 1.29 is 27.4 Å². The van der Waals surface area contributed by atoms with Crippen molar-refractivity contribution in [2.24, 2.45) is 5.41 Å². The second-order valence-electron chi connectivity index (χ2n) is 9.14. The van der Waals surface area contributed by atoms with E-state index in [9.17, 15) is 18.0 Å². The van der Waals surface area contributed by atoms with Crippen LogP contribution in [-0.4, -0.2) is 29.5 Å². The third kappa shape index (κ3) is 5.93. The molecule has 0 amide bonds. The Hall–Kier alpha value is -4.01. The number of ether oxygens (including phenoxy) is 3. The van der Waals surface area contributed by atoms with E-state index in [0.717, 1.165) is 12.8 Å². The summed E-state index contributed by atoms with van der Waals surface area (Å²) in [6.45, 7) is 4.65. The summed E-state index contributed by atoms with van der Waals surface area (Å²) in [6.07, 6.45) is 6.89. The highest BCUT2D eigenvalue weighted by Gasteiger charge is 2.33. The number of unbranched alkanes of at least 4 members (excludes halogenated alkanes) is 1. The molecule has 0 saturated heterocycles. The van der Waals surface area contributed by atoms with E-state index in [2.05, 4.69) is 11.7 Å². The highest BCUT2D eigenvalue weighted by molar-refractivity contribution is 5.74. The fraction of sp³-hybridized carbons (Fsp3) is 0.310. The summed E-state index contributed by atoms with van der Waals surface area (Å²) in [4.78, 5) is 18.3. The van der Waals surface area contributed by atoms with Crippen LogP contribution in [0.25, 0.3) is 22.9 Å². The van der Waals surface area contributed by atoms with Gasteiger partial charge in [0.05, 0.1) is 30.4 Å². The minimum atomic E-state index is -4.81. The lowest BCUT2D eigenvalue weighted by Crippen LogP contribution is -2.23. The van der Waals surface area contributed by atoms with Gasteiger partial charge in [-0.3, -0.25) is 9.20 Å². The van der Waals surface area contributed by atoms with Crippen LogP contribution in [0.1, 0.15) is 38.8 Å². The van der Waals surface area contributed by atoms with E-state index >= 15 is 0 Å². The maximum atomic E-state index is 13.5. The van der Waals surface area contributed by atoms with E-state index in [-0.39, 0.29) is 16.9 Å². The van der Waals surface area contributed by atoms with Gasteiger partial charge in [-0.05, 0) is 61.7 Å². The first-order valence-electron chi connectivity index (χ1n) is 12.3. The molecular weight excluding hydrogens is 497 g/mol. The van der Waals surface area contributed by atoms with Crippen LogP contribution in [0.5, 0.6) is 5.75 Å². The monoisotopic (exact) mass is 526 g/mol. The number of allylic oxidation sites excluding steroid dienone is 3. The minimum Gasteiger partial charge on any atom is -0.493 e. The molecule has 2 heterocycles. The average Bonchev–Trinajstić information content (AvgIpc) is 2.88. The fourth-order valence-electron chi connectivity index (χ4n) is 4.30. The van der Waals surface area contributed by atoms with Gasteiger partial charge in [0.2, 0.25) is 0 Å². The van der Waals surface area contributed by atoms with Gasteiger partial charge in [0, 0.05) is 6.20 Å². The number of alkyl halides is 3. The lowest BCUT2D eigenvalue weighted by molar-refractivity contribution is -0.274. The summed E-state index contributed by atoms with van der Waals surface area (Å²) in [5, 5.41) is 0. The Balaban J connectivity index is 1.80. The predicted molar refractivity (Wildman–Crippen MR) is 139 cm³/mol. The van der Waals surface area contributed by atoms with Crippen molar-refractivity contribution in [1.29, 1.82) is 0 Å². The number of halogens is 3. The zero-order valence-corrected chi connectivity index (χ0v) is 21.4. The summed E-state index contributed by atoms with van der Waals surface area (Å²) in [6, 6.07) is 10.4. The van der Waals surface area contributed by atoms with Gasteiger partial charge in [0.15, 0.2) is 5.76 Å². The highest BCUT2D eigenvalue weighted by Crippen LogP contribution is 2.40. The summed E-state index contributed by atoms with van der Waals surface area (Å²) in [5.74, 6) is 0.950. The lowest BCUT2D eigenvalue weighted by Gasteiger charge is -2.32.